The van der Waals surface area contributed by atoms with Crippen molar-refractivity contribution in [2.45, 2.75) is 18.4 Å². The first kappa shape index (κ1) is 17.8. The van der Waals surface area contributed by atoms with Crippen molar-refractivity contribution in [3.8, 4) is 0 Å². The predicted octanol–water partition coefficient (Wildman–Crippen LogP) is 3.33. The summed E-state index contributed by atoms with van der Waals surface area (Å²) in [5.74, 6) is -0.901. The second-order valence-corrected chi connectivity index (χ2v) is 7.38. The number of nitrogens with one attached hydrogen (secondary N) is 2. The number of hydrogen-bond acceptors (Lipinski definition) is 3. The molecular formula is C19H15Cl2N3O3. The van der Waals surface area contributed by atoms with E-state index in [0.717, 1.165) is 16.0 Å². The van der Waals surface area contributed by atoms with Crippen molar-refractivity contribution in [3.63, 3.8) is 0 Å². The van der Waals surface area contributed by atoms with E-state index >= 15 is 0 Å². The van der Waals surface area contributed by atoms with Crippen LogP contribution in [0.4, 0.5) is 10.5 Å². The van der Waals surface area contributed by atoms with E-state index in [4.69, 9.17) is 23.2 Å². The van der Waals surface area contributed by atoms with Crippen LogP contribution in [0.5, 0.6) is 0 Å². The third-order valence-electron chi connectivity index (χ3n) is 4.93. The molecule has 1 heterocycles. The molecule has 1 fully saturated rings. The second kappa shape index (κ2) is 6.55. The Kier molecular flexibility index (Phi) is 4.32. The molecule has 6 nitrogen and oxygen atoms in total. The molecule has 138 valence electrons. The zero-order chi connectivity index (χ0) is 19.2. The third kappa shape index (κ3) is 2.95. The fourth-order valence-corrected chi connectivity index (χ4v) is 3.95. The van der Waals surface area contributed by atoms with Gasteiger partial charge < -0.3 is 10.6 Å². The quantitative estimate of drug-likeness (QED) is 0.771. The number of amides is 4. The van der Waals surface area contributed by atoms with Crippen molar-refractivity contribution in [2.75, 3.05) is 11.9 Å². The summed E-state index contributed by atoms with van der Waals surface area (Å²) in [6, 6.07) is 11.6. The number of halogens is 2. The molecule has 1 aliphatic heterocycles. The molecule has 1 unspecified atom stereocenters. The van der Waals surface area contributed by atoms with Crippen LogP contribution in [-0.2, 0) is 21.5 Å². The van der Waals surface area contributed by atoms with Crippen molar-refractivity contribution < 1.29 is 14.4 Å². The maximum atomic E-state index is 13.0. The van der Waals surface area contributed by atoms with E-state index in [1.165, 1.54) is 6.07 Å². The van der Waals surface area contributed by atoms with Gasteiger partial charge in [-0.2, -0.15) is 0 Å². The Bertz CT molecular complexity index is 978. The lowest BCUT2D eigenvalue weighted by molar-refractivity contribution is -0.134. The van der Waals surface area contributed by atoms with Gasteiger partial charge in [-0.15, -0.1) is 0 Å². The zero-order valence-electron chi connectivity index (χ0n) is 14.1. The number of aryl methyl sites for hydroxylation is 1. The maximum Gasteiger partial charge on any atom is 0.325 e. The first-order valence-electron chi connectivity index (χ1n) is 8.38. The Balaban J connectivity index is 1.52. The first-order valence-corrected chi connectivity index (χ1v) is 9.14. The minimum absolute atomic E-state index is 0.297. The number of benzene rings is 2. The van der Waals surface area contributed by atoms with E-state index in [-0.39, 0.29) is 6.54 Å². The monoisotopic (exact) mass is 403 g/mol. The van der Waals surface area contributed by atoms with Gasteiger partial charge in [-0.05, 0) is 42.2 Å². The minimum atomic E-state index is -1.07. The number of urea groups is 1. The van der Waals surface area contributed by atoms with Crippen LogP contribution in [0.3, 0.4) is 0 Å². The van der Waals surface area contributed by atoms with Crippen molar-refractivity contribution in [1.82, 2.24) is 10.2 Å². The van der Waals surface area contributed by atoms with Gasteiger partial charge in [-0.3, -0.25) is 14.5 Å². The molecule has 0 saturated carbocycles. The number of hydrogen-bond donors (Lipinski definition) is 2. The predicted molar refractivity (Wildman–Crippen MR) is 102 cm³/mol. The number of imide groups is 1. The molecule has 2 aromatic rings. The molecule has 2 N–H and O–H groups in total. The number of nitrogens with zero attached hydrogens (tertiary/aromatic N) is 1. The molecule has 0 aromatic heterocycles. The SMILES string of the molecule is O=C(CN1C(=O)NC2(CCc3ccccc32)C1=O)Nc1ccc(Cl)c(Cl)c1. The van der Waals surface area contributed by atoms with Gasteiger partial charge in [0.2, 0.25) is 5.91 Å². The molecule has 27 heavy (non-hydrogen) atoms. The summed E-state index contributed by atoms with van der Waals surface area (Å²) in [5.41, 5.74) is 1.20. The van der Waals surface area contributed by atoms with E-state index in [1.54, 1.807) is 12.1 Å². The maximum absolute atomic E-state index is 13.0. The Morgan fingerprint density at radius 3 is 2.70 bits per heavy atom. The van der Waals surface area contributed by atoms with Crippen LogP contribution in [0.15, 0.2) is 42.5 Å². The number of carbonyl (C=O) groups is 3. The molecule has 1 saturated heterocycles. The highest BCUT2D eigenvalue weighted by Gasteiger charge is 2.55. The molecule has 0 bridgehead atoms. The standard InChI is InChI=1S/C19H15Cl2N3O3/c20-14-6-5-12(9-15(14)21)22-16(25)10-24-17(26)19(23-18(24)27)8-7-11-3-1-2-4-13(11)19/h1-6,9H,7-8,10H2,(H,22,25)(H,23,27). The molecule has 2 aromatic carbocycles. The van der Waals surface area contributed by atoms with Crippen LogP contribution in [-0.4, -0.2) is 29.3 Å². The summed E-state index contributed by atoms with van der Waals surface area (Å²) < 4.78 is 0. The van der Waals surface area contributed by atoms with E-state index in [1.807, 2.05) is 24.3 Å². The highest BCUT2D eigenvalue weighted by molar-refractivity contribution is 6.42. The smallest absolute Gasteiger partial charge is 0.324 e. The highest BCUT2D eigenvalue weighted by Crippen LogP contribution is 2.41. The number of carbonyl (C=O) groups excluding carboxylic acids is 3. The van der Waals surface area contributed by atoms with E-state index in [0.29, 0.717) is 28.6 Å². The van der Waals surface area contributed by atoms with Crippen molar-refractivity contribution in [3.05, 3.63) is 63.6 Å². The zero-order valence-corrected chi connectivity index (χ0v) is 15.6. The van der Waals surface area contributed by atoms with Gasteiger partial charge in [0.05, 0.1) is 10.0 Å². The lowest BCUT2D eigenvalue weighted by Gasteiger charge is -2.22. The fourth-order valence-electron chi connectivity index (χ4n) is 3.65. The number of anilines is 1. The van der Waals surface area contributed by atoms with Crippen LogP contribution in [0.25, 0.3) is 0 Å². The molecule has 1 atom stereocenters. The molecule has 4 rings (SSSR count). The van der Waals surface area contributed by atoms with Gasteiger partial charge in [0.15, 0.2) is 0 Å². The van der Waals surface area contributed by atoms with Gasteiger partial charge in [-0.1, -0.05) is 47.5 Å². The first-order chi connectivity index (χ1) is 12.9. The van der Waals surface area contributed by atoms with Gasteiger partial charge in [0.1, 0.15) is 12.1 Å². The lowest BCUT2D eigenvalue weighted by atomic mass is 9.92. The fraction of sp³-hybridized carbons (Fsp3) is 0.211. The van der Waals surface area contributed by atoms with Gasteiger partial charge in [0, 0.05) is 5.69 Å². The minimum Gasteiger partial charge on any atom is -0.324 e. The van der Waals surface area contributed by atoms with E-state index in [9.17, 15) is 14.4 Å². The molecule has 1 spiro atoms. The normalized spacial score (nSPS) is 20.7. The largest absolute Gasteiger partial charge is 0.325 e. The van der Waals surface area contributed by atoms with Crippen LogP contribution in [0.2, 0.25) is 10.0 Å². The Hall–Kier alpha value is -2.57. The van der Waals surface area contributed by atoms with Crippen LogP contribution >= 0.6 is 23.2 Å². The Labute approximate surface area is 165 Å². The average molecular weight is 404 g/mol. The molecule has 8 heteroatoms. The van der Waals surface area contributed by atoms with Crippen LogP contribution in [0, 0.1) is 0 Å². The number of rotatable bonds is 3. The van der Waals surface area contributed by atoms with Crippen molar-refractivity contribution >= 4 is 46.7 Å². The van der Waals surface area contributed by atoms with Crippen molar-refractivity contribution in [2.24, 2.45) is 0 Å². The summed E-state index contributed by atoms with van der Waals surface area (Å²) in [4.78, 5) is 38.7. The molecular weight excluding hydrogens is 389 g/mol. The second-order valence-electron chi connectivity index (χ2n) is 6.56. The summed E-state index contributed by atoms with van der Waals surface area (Å²) in [6.07, 6.45) is 1.19. The Morgan fingerprint density at radius 1 is 1.15 bits per heavy atom. The van der Waals surface area contributed by atoms with Gasteiger partial charge in [-0.25, -0.2) is 4.79 Å². The molecule has 2 aliphatic rings. The summed E-state index contributed by atoms with van der Waals surface area (Å²) in [5, 5.41) is 6.07. The van der Waals surface area contributed by atoms with Gasteiger partial charge >= 0.3 is 6.03 Å². The Morgan fingerprint density at radius 2 is 1.93 bits per heavy atom. The molecule has 1 aliphatic carbocycles. The highest BCUT2D eigenvalue weighted by atomic mass is 35.5. The number of fused-ring (bicyclic) bond motifs is 2. The summed E-state index contributed by atoms with van der Waals surface area (Å²) >= 11 is 11.8. The lowest BCUT2D eigenvalue weighted by Crippen LogP contribution is -2.42. The molecule has 0 radical (unpaired) electrons. The van der Waals surface area contributed by atoms with Gasteiger partial charge in [0.25, 0.3) is 5.91 Å². The average Bonchev–Trinajstić information content (AvgIpc) is 3.12. The van der Waals surface area contributed by atoms with E-state index < -0.39 is 23.4 Å². The summed E-state index contributed by atoms with van der Waals surface area (Å²) in [6.45, 7) is -0.380. The van der Waals surface area contributed by atoms with Crippen LogP contribution < -0.4 is 10.6 Å². The third-order valence-corrected chi connectivity index (χ3v) is 5.67. The molecule has 4 amide bonds. The van der Waals surface area contributed by atoms with E-state index in [2.05, 4.69) is 10.6 Å². The van der Waals surface area contributed by atoms with Crippen molar-refractivity contribution in [1.29, 1.82) is 0 Å². The van der Waals surface area contributed by atoms with Crippen LogP contribution in [0.1, 0.15) is 17.5 Å². The topological polar surface area (TPSA) is 78.5 Å². The summed E-state index contributed by atoms with van der Waals surface area (Å²) in [7, 11) is 0.